The van der Waals surface area contributed by atoms with Gasteiger partial charge in [-0.15, -0.1) is 0 Å². The van der Waals surface area contributed by atoms with Gasteiger partial charge in [0.2, 0.25) is 0 Å². The van der Waals surface area contributed by atoms with Gasteiger partial charge >= 0.3 is 5.97 Å². The molecule has 1 saturated heterocycles. The number of carbonyl (C=O) groups excluding carboxylic acids is 1. The van der Waals surface area contributed by atoms with Gasteiger partial charge in [0.25, 0.3) is 0 Å². The average molecular weight is 545 g/mol. The molecule has 0 radical (unpaired) electrons. The molecule has 3 rings (SSSR count). The van der Waals surface area contributed by atoms with E-state index in [4.69, 9.17) is 18.9 Å². The van der Waals surface area contributed by atoms with Crippen LogP contribution < -0.4 is 9.47 Å². The first kappa shape index (κ1) is 30.8. The normalized spacial score (nSPS) is 14.1. The molecule has 39 heavy (non-hydrogen) atoms. The van der Waals surface area contributed by atoms with Gasteiger partial charge in [-0.05, 0) is 55.2 Å². The van der Waals surface area contributed by atoms with E-state index in [0.29, 0.717) is 16.9 Å². The summed E-state index contributed by atoms with van der Waals surface area (Å²) < 4.78 is 50.8. The second kappa shape index (κ2) is 15.7. The summed E-state index contributed by atoms with van der Waals surface area (Å²) in [6.07, 6.45) is 9.97. The molecule has 0 spiro atoms. The lowest BCUT2D eigenvalue weighted by Gasteiger charge is -2.37. The monoisotopic (exact) mass is 544 g/mol. The van der Waals surface area contributed by atoms with Gasteiger partial charge in [-0.1, -0.05) is 70.6 Å². The van der Waals surface area contributed by atoms with Gasteiger partial charge in [-0.2, -0.15) is 0 Å². The predicted molar refractivity (Wildman–Crippen MR) is 149 cm³/mol. The Morgan fingerprint density at radius 1 is 0.872 bits per heavy atom. The van der Waals surface area contributed by atoms with Crippen LogP contribution in [0.15, 0.2) is 48.6 Å². The number of esters is 1. The maximum absolute atomic E-state index is 14.6. The summed E-state index contributed by atoms with van der Waals surface area (Å²) in [7, 11) is 0. The fraction of sp³-hybridized carbons (Fsp3) is 0.531. The van der Waals surface area contributed by atoms with Crippen molar-refractivity contribution in [1.29, 1.82) is 0 Å². The number of hydrogen-bond donors (Lipinski definition) is 0. The first-order valence-corrected chi connectivity index (χ1v) is 14.0. The number of hydrogen-bond acceptors (Lipinski definition) is 5. The lowest BCUT2D eigenvalue weighted by molar-refractivity contribution is -0.137. The molecule has 1 aliphatic rings. The van der Waals surface area contributed by atoms with Gasteiger partial charge in [0, 0.05) is 17.6 Å². The van der Waals surface area contributed by atoms with Crippen LogP contribution in [0.3, 0.4) is 0 Å². The van der Waals surface area contributed by atoms with Crippen LogP contribution in [0.2, 0.25) is 0 Å². The molecule has 1 aliphatic heterocycles. The fourth-order valence-corrected chi connectivity index (χ4v) is 4.34. The molecule has 1 heterocycles. The summed E-state index contributed by atoms with van der Waals surface area (Å²) in [6.45, 7) is 10.8. The summed E-state index contributed by atoms with van der Waals surface area (Å²) in [4.78, 5) is 11.6. The molecule has 0 N–H and O–H groups in total. The molecular formula is C32H42F2O5. The zero-order valence-electron chi connectivity index (χ0n) is 23.4. The fourth-order valence-electron chi connectivity index (χ4n) is 4.34. The van der Waals surface area contributed by atoms with Gasteiger partial charge in [0.05, 0.1) is 26.4 Å². The Morgan fingerprint density at radius 2 is 1.41 bits per heavy atom. The molecule has 214 valence electrons. The van der Waals surface area contributed by atoms with E-state index in [1.807, 2.05) is 0 Å². The molecule has 5 nitrogen and oxygen atoms in total. The van der Waals surface area contributed by atoms with Crippen LogP contribution in [0.25, 0.3) is 11.1 Å². The first-order valence-electron chi connectivity index (χ1n) is 14.0. The topological polar surface area (TPSA) is 54.0 Å². The largest absolute Gasteiger partial charge is 0.488 e. The summed E-state index contributed by atoms with van der Waals surface area (Å²) in [5.74, 6) is -2.01. The maximum Gasteiger partial charge on any atom is 0.338 e. The molecule has 0 amide bonds. The lowest BCUT2D eigenvalue weighted by atomic mass is 9.90. The summed E-state index contributed by atoms with van der Waals surface area (Å²) in [6, 6.07) is 8.92. The molecule has 0 unspecified atom stereocenters. The van der Waals surface area contributed by atoms with Gasteiger partial charge in [-0.25, -0.2) is 13.6 Å². The maximum atomic E-state index is 14.6. The Hall–Kier alpha value is -2.77. The minimum Gasteiger partial charge on any atom is -0.488 e. The molecule has 0 aliphatic carbocycles. The molecule has 0 bridgehead atoms. The standard InChI is InChI=1S/C32H42F2O5/c1-24(2)31(35)39-27-15-13-25(14-16-27)26-19-28(33)30(29(34)20-26)38-18-12-10-8-6-4-5-7-9-11-17-36-21-32(3)22-37-23-32/h13-16,19-20H,1,4-12,17-18,21-23H2,2-3H3. The van der Waals surface area contributed by atoms with Crippen molar-refractivity contribution in [1.82, 2.24) is 0 Å². The average Bonchev–Trinajstić information content (AvgIpc) is 2.89. The van der Waals surface area contributed by atoms with Crippen LogP contribution in [-0.2, 0) is 14.3 Å². The molecule has 0 aromatic heterocycles. The highest BCUT2D eigenvalue weighted by molar-refractivity contribution is 5.88. The third-order valence-electron chi connectivity index (χ3n) is 6.78. The number of unbranched alkanes of at least 4 members (excludes halogenated alkanes) is 8. The Bertz CT molecular complexity index is 1040. The van der Waals surface area contributed by atoms with Crippen molar-refractivity contribution in [3.05, 3.63) is 60.2 Å². The highest BCUT2D eigenvalue weighted by Crippen LogP contribution is 2.30. The van der Waals surface area contributed by atoms with Gasteiger partial charge in [-0.3, -0.25) is 0 Å². The van der Waals surface area contributed by atoms with E-state index in [1.54, 1.807) is 31.2 Å². The summed E-state index contributed by atoms with van der Waals surface area (Å²) in [5.41, 5.74) is 1.49. The number of rotatable bonds is 18. The molecule has 0 saturated carbocycles. The minimum atomic E-state index is -0.737. The predicted octanol–water partition coefficient (Wildman–Crippen LogP) is 8.06. The van der Waals surface area contributed by atoms with Crippen LogP contribution >= 0.6 is 0 Å². The van der Waals surface area contributed by atoms with Gasteiger partial charge in [0.15, 0.2) is 17.4 Å². The first-order chi connectivity index (χ1) is 18.8. The van der Waals surface area contributed by atoms with E-state index in [2.05, 4.69) is 13.5 Å². The van der Waals surface area contributed by atoms with Crippen molar-refractivity contribution < 1.29 is 32.5 Å². The van der Waals surface area contributed by atoms with Crippen molar-refractivity contribution in [3.8, 4) is 22.6 Å². The van der Waals surface area contributed by atoms with Crippen LogP contribution in [0.5, 0.6) is 11.5 Å². The van der Waals surface area contributed by atoms with E-state index < -0.39 is 17.6 Å². The zero-order chi connectivity index (χ0) is 28.1. The van der Waals surface area contributed by atoms with Gasteiger partial charge in [0.1, 0.15) is 5.75 Å². The van der Waals surface area contributed by atoms with Crippen LogP contribution in [0.4, 0.5) is 8.78 Å². The molecule has 2 aromatic carbocycles. The Labute approximate surface area is 231 Å². The minimum absolute atomic E-state index is 0.234. The molecule has 2 aromatic rings. The molecule has 1 fully saturated rings. The number of halogens is 2. The van der Waals surface area contributed by atoms with E-state index in [0.717, 1.165) is 58.5 Å². The highest BCUT2D eigenvalue weighted by Gasteiger charge is 2.33. The quantitative estimate of drug-likeness (QED) is 0.0822. The van der Waals surface area contributed by atoms with E-state index in [9.17, 15) is 13.6 Å². The Kier molecular flexibility index (Phi) is 12.4. The van der Waals surface area contributed by atoms with Crippen LogP contribution in [-0.4, -0.2) is 39.0 Å². The lowest BCUT2D eigenvalue weighted by Crippen LogP contribution is -2.43. The van der Waals surface area contributed by atoms with Crippen molar-refractivity contribution >= 4 is 5.97 Å². The van der Waals surface area contributed by atoms with Crippen LogP contribution in [0.1, 0.15) is 71.6 Å². The molecule has 0 atom stereocenters. The number of ether oxygens (including phenoxy) is 4. The van der Waals surface area contributed by atoms with Crippen LogP contribution in [0, 0.1) is 17.0 Å². The zero-order valence-corrected chi connectivity index (χ0v) is 23.4. The van der Waals surface area contributed by atoms with Gasteiger partial charge < -0.3 is 18.9 Å². The van der Waals surface area contributed by atoms with Crippen molar-refractivity contribution in [3.63, 3.8) is 0 Å². The van der Waals surface area contributed by atoms with Crippen molar-refractivity contribution in [2.24, 2.45) is 5.41 Å². The second-order valence-corrected chi connectivity index (χ2v) is 10.8. The second-order valence-electron chi connectivity index (χ2n) is 10.8. The summed E-state index contributed by atoms with van der Waals surface area (Å²) in [5, 5.41) is 0. The van der Waals surface area contributed by atoms with E-state index in [-0.39, 0.29) is 23.3 Å². The SMILES string of the molecule is C=C(C)C(=O)Oc1ccc(-c2cc(F)c(OCCCCCCCCCCCOCC3(C)COC3)c(F)c2)cc1. The highest BCUT2D eigenvalue weighted by atomic mass is 19.1. The third-order valence-corrected chi connectivity index (χ3v) is 6.78. The number of benzene rings is 2. The molecule has 7 heteroatoms. The van der Waals surface area contributed by atoms with Crippen molar-refractivity contribution in [2.45, 2.75) is 71.6 Å². The van der Waals surface area contributed by atoms with E-state index >= 15 is 0 Å². The Balaban J connectivity index is 1.25. The number of carbonyl (C=O) groups is 1. The summed E-state index contributed by atoms with van der Waals surface area (Å²) >= 11 is 0. The molecular weight excluding hydrogens is 502 g/mol. The third kappa shape index (κ3) is 10.4. The van der Waals surface area contributed by atoms with E-state index in [1.165, 1.54) is 37.8 Å². The van der Waals surface area contributed by atoms with Crippen molar-refractivity contribution in [2.75, 3.05) is 33.0 Å². The smallest absolute Gasteiger partial charge is 0.338 e. The Morgan fingerprint density at radius 3 is 1.92 bits per heavy atom.